The van der Waals surface area contributed by atoms with Crippen LogP contribution in [0.25, 0.3) is 0 Å². The van der Waals surface area contributed by atoms with Crippen LogP contribution in [0, 0.1) is 11.3 Å². The van der Waals surface area contributed by atoms with Crippen molar-refractivity contribution in [2.75, 3.05) is 19.3 Å². The molecular formula is C10H12N4O. The molecule has 0 spiro atoms. The summed E-state index contributed by atoms with van der Waals surface area (Å²) in [5.41, 5.74) is 5.95. The van der Waals surface area contributed by atoms with Gasteiger partial charge >= 0.3 is 0 Å². The maximum absolute atomic E-state index is 11.7. The first-order chi connectivity index (χ1) is 7.15. The van der Waals surface area contributed by atoms with E-state index in [-0.39, 0.29) is 5.91 Å². The van der Waals surface area contributed by atoms with Gasteiger partial charge in [0.05, 0.1) is 12.5 Å². The monoisotopic (exact) mass is 204 g/mol. The Balaban J connectivity index is 2.72. The number of hydrogen-bond donors (Lipinski definition) is 1. The van der Waals surface area contributed by atoms with Gasteiger partial charge in [0.25, 0.3) is 5.91 Å². The van der Waals surface area contributed by atoms with Crippen LogP contribution in [0.15, 0.2) is 18.3 Å². The molecule has 1 rings (SSSR count). The van der Waals surface area contributed by atoms with Gasteiger partial charge in [0, 0.05) is 25.4 Å². The number of amides is 1. The topological polar surface area (TPSA) is 83.0 Å². The quantitative estimate of drug-likeness (QED) is 0.783. The molecule has 0 unspecified atom stereocenters. The first-order valence-corrected chi connectivity index (χ1v) is 4.49. The van der Waals surface area contributed by atoms with Crippen LogP contribution in [-0.4, -0.2) is 29.4 Å². The summed E-state index contributed by atoms with van der Waals surface area (Å²) in [7, 11) is 1.65. The second kappa shape index (κ2) is 4.96. The number of nitrogens with two attached hydrogens (primary N) is 1. The third-order valence-electron chi connectivity index (χ3n) is 1.93. The average Bonchev–Trinajstić information content (AvgIpc) is 2.24. The maximum atomic E-state index is 11.7. The lowest BCUT2D eigenvalue weighted by Crippen LogP contribution is -2.27. The zero-order valence-electron chi connectivity index (χ0n) is 8.47. The molecule has 0 saturated heterocycles. The molecular weight excluding hydrogens is 192 g/mol. The second-order valence-corrected chi connectivity index (χ2v) is 3.10. The summed E-state index contributed by atoms with van der Waals surface area (Å²) in [4.78, 5) is 17.0. The first-order valence-electron chi connectivity index (χ1n) is 4.49. The second-order valence-electron chi connectivity index (χ2n) is 3.10. The van der Waals surface area contributed by atoms with Crippen LogP contribution in [0.2, 0.25) is 0 Å². The minimum Gasteiger partial charge on any atom is -0.384 e. The molecule has 1 aromatic heterocycles. The van der Waals surface area contributed by atoms with Crippen LogP contribution in [-0.2, 0) is 0 Å². The molecule has 2 N–H and O–H groups in total. The van der Waals surface area contributed by atoms with Gasteiger partial charge < -0.3 is 10.6 Å². The fourth-order valence-corrected chi connectivity index (χ4v) is 1.12. The highest BCUT2D eigenvalue weighted by Crippen LogP contribution is 2.06. The van der Waals surface area contributed by atoms with Crippen molar-refractivity contribution in [1.82, 2.24) is 9.88 Å². The molecule has 1 amide bonds. The third-order valence-corrected chi connectivity index (χ3v) is 1.93. The van der Waals surface area contributed by atoms with Gasteiger partial charge in [-0.25, -0.2) is 4.98 Å². The predicted molar refractivity (Wildman–Crippen MR) is 55.8 cm³/mol. The summed E-state index contributed by atoms with van der Waals surface area (Å²) in [6.07, 6.45) is 1.81. The Bertz CT molecular complexity index is 397. The molecule has 0 bridgehead atoms. The number of hydrogen-bond acceptors (Lipinski definition) is 4. The zero-order valence-corrected chi connectivity index (χ0v) is 8.47. The first kappa shape index (κ1) is 11.0. The SMILES string of the molecule is CN(CCC#N)C(=O)c1ccnc(N)c1. The predicted octanol–water partition coefficient (Wildman–Crippen LogP) is 0.649. The summed E-state index contributed by atoms with van der Waals surface area (Å²) in [6.45, 7) is 0.414. The molecule has 1 aromatic rings. The molecule has 0 aliphatic rings. The van der Waals surface area contributed by atoms with Crippen LogP contribution in [0.5, 0.6) is 0 Å². The molecule has 15 heavy (non-hydrogen) atoms. The van der Waals surface area contributed by atoms with Gasteiger partial charge in [-0.15, -0.1) is 0 Å². The number of carbonyl (C=O) groups is 1. The number of carbonyl (C=O) groups excluding carboxylic acids is 1. The molecule has 0 aliphatic heterocycles. The molecule has 5 nitrogen and oxygen atoms in total. The standard InChI is InChI=1S/C10H12N4O/c1-14(6-2-4-11)10(15)8-3-5-13-9(12)7-8/h3,5,7H,2,6H2,1H3,(H2,12,13). The molecule has 0 saturated carbocycles. The number of pyridine rings is 1. The summed E-state index contributed by atoms with van der Waals surface area (Å²) < 4.78 is 0. The van der Waals surface area contributed by atoms with E-state index in [9.17, 15) is 4.79 Å². The minimum absolute atomic E-state index is 0.153. The van der Waals surface area contributed by atoms with Gasteiger partial charge in [-0.1, -0.05) is 0 Å². The van der Waals surface area contributed by atoms with Crippen LogP contribution in [0.3, 0.4) is 0 Å². The fraction of sp³-hybridized carbons (Fsp3) is 0.300. The molecule has 0 radical (unpaired) electrons. The van der Waals surface area contributed by atoms with Crippen molar-refractivity contribution in [1.29, 1.82) is 5.26 Å². The van der Waals surface area contributed by atoms with Crippen molar-refractivity contribution >= 4 is 11.7 Å². The molecule has 78 valence electrons. The average molecular weight is 204 g/mol. The van der Waals surface area contributed by atoms with E-state index < -0.39 is 0 Å². The van der Waals surface area contributed by atoms with Gasteiger partial charge in [0.2, 0.25) is 0 Å². The van der Waals surface area contributed by atoms with Crippen molar-refractivity contribution in [3.8, 4) is 6.07 Å². The van der Waals surface area contributed by atoms with Crippen molar-refractivity contribution < 1.29 is 4.79 Å². The van der Waals surface area contributed by atoms with Gasteiger partial charge in [-0.2, -0.15) is 5.26 Å². The fourth-order valence-electron chi connectivity index (χ4n) is 1.12. The zero-order chi connectivity index (χ0) is 11.3. The summed E-state index contributed by atoms with van der Waals surface area (Å²) >= 11 is 0. The highest BCUT2D eigenvalue weighted by Gasteiger charge is 2.11. The maximum Gasteiger partial charge on any atom is 0.253 e. The number of nitrogen functional groups attached to an aromatic ring is 1. The minimum atomic E-state index is -0.153. The molecule has 5 heteroatoms. The molecule has 0 atom stereocenters. The Morgan fingerprint density at radius 1 is 1.73 bits per heavy atom. The largest absolute Gasteiger partial charge is 0.384 e. The van der Waals surface area contributed by atoms with E-state index in [1.165, 1.54) is 17.2 Å². The van der Waals surface area contributed by atoms with Crippen molar-refractivity contribution in [2.24, 2.45) is 0 Å². The highest BCUT2D eigenvalue weighted by atomic mass is 16.2. The van der Waals surface area contributed by atoms with E-state index in [2.05, 4.69) is 4.98 Å². The molecule has 0 fully saturated rings. The third kappa shape index (κ3) is 2.95. The summed E-state index contributed by atoms with van der Waals surface area (Å²) in [6, 6.07) is 5.10. The van der Waals surface area contributed by atoms with Gasteiger partial charge in [-0.05, 0) is 12.1 Å². The number of nitriles is 1. The highest BCUT2D eigenvalue weighted by molar-refractivity contribution is 5.94. The normalized spacial score (nSPS) is 9.33. The van der Waals surface area contributed by atoms with Crippen molar-refractivity contribution in [2.45, 2.75) is 6.42 Å². The Morgan fingerprint density at radius 2 is 2.47 bits per heavy atom. The number of nitrogens with zero attached hydrogens (tertiary/aromatic N) is 3. The van der Waals surface area contributed by atoms with E-state index in [0.717, 1.165) is 0 Å². The van der Waals surface area contributed by atoms with Gasteiger partial charge in [-0.3, -0.25) is 4.79 Å². The van der Waals surface area contributed by atoms with Crippen LogP contribution in [0.1, 0.15) is 16.8 Å². The van der Waals surface area contributed by atoms with Crippen LogP contribution < -0.4 is 5.73 Å². The van der Waals surface area contributed by atoms with E-state index in [0.29, 0.717) is 24.3 Å². The lowest BCUT2D eigenvalue weighted by atomic mass is 10.2. The lowest BCUT2D eigenvalue weighted by Gasteiger charge is -2.15. The van der Waals surface area contributed by atoms with Crippen molar-refractivity contribution in [3.63, 3.8) is 0 Å². The van der Waals surface area contributed by atoms with Crippen LogP contribution in [0.4, 0.5) is 5.82 Å². The smallest absolute Gasteiger partial charge is 0.253 e. The molecule has 0 aromatic carbocycles. The van der Waals surface area contributed by atoms with E-state index in [4.69, 9.17) is 11.0 Å². The Labute approximate surface area is 88.1 Å². The number of rotatable bonds is 3. The van der Waals surface area contributed by atoms with Crippen LogP contribution >= 0.6 is 0 Å². The summed E-state index contributed by atoms with van der Waals surface area (Å²) in [5.74, 6) is 0.161. The number of anilines is 1. The Morgan fingerprint density at radius 3 is 3.07 bits per heavy atom. The molecule has 1 heterocycles. The van der Waals surface area contributed by atoms with Gasteiger partial charge in [0.1, 0.15) is 5.82 Å². The van der Waals surface area contributed by atoms with E-state index in [1.54, 1.807) is 13.1 Å². The van der Waals surface area contributed by atoms with E-state index >= 15 is 0 Å². The lowest BCUT2D eigenvalue weighted by molar-refractivity contribution is 0.0798. The Kier molecular flexibility index (Phi) is 3.63. The van der Waals surface area contributed by atoms with Crippen molar-refractivity contribution in [3.05, 3.63) is 23.9 Å². The molecule has 0 aliphatic carbocycles. The van der Waals surface area contributed by atoms with Gasteiger partial charge in [0.15, 0.2) is 0 Å². The Hall–Kier alpha value is -2.09. The summed E-state index contributed by atoms with van der Waals surface area (Å²) in [5, 5.41) is 8.39. The van der Waals surface area contributed by atoms with E-state index in [1.807, 2.05) is 6.07 Å². The number of aromatic nitrogens is 1.